The van der Waals surface area contributed by atoms with Gasteiger partial charge in [-0.2, -0.15) is 0 Å². The summed E-state index contributed by atoms with van der Waals surface area (Å²) in [7, 11) is 1.62. The largest absolute Gasteiger partial charge is 0.497 e. The summed E-state index contributed by atoms with van der Waals surface area (Å²) in [5, 5.41) is 8.51. The van der Waals surface area contributed by atoms with E-state index in [0.717, 1.165) is 28.4 Å². The number of nitrogens with zero attached hydrogens (tertiary/aromatic N) is 3. The maximum absolute atomic E-state index is 12.9. The van der Waals surface area contributed by atoms with Gasteiger partial charge < -0.3 is 13.7 Å². The fourth-order valence-corrected chi connectivity index (χ4v) is 4.11. The van der Waals surface area contributed by atoms with Crippen LogP contribution in [0.5, 0.6) is 5.75 Å². The molecule has 0 fully saturated rings. The second-order valence-electron chi connectivity index (χ2n) is 7.27. The van der Waals surface area contributed by atoms with E-state index in [0.29, 0.717) is 16.7 Å². The van der Waals surface area contributed by atoms with Crippen LogP contribution < -0.4 is 4.74 Å². The molecule has 0 amide bonds. The van der Waals surface area contributed by atoms with Gasteiger partial charge in [0.1, 0.15) is 5.75 Å². The Labute approximate surface area is 185 Å². The van der Waals surface area contributed by atoms with E-state index < -0.39 is 0 Å². The zero-order chi connectivity index (χ0) is 22.0. The minimum Gasteiger partial charge on any atom is -0.497 e. The third-order valence-corrected chi connectivity index (χ3v) is 5.91. The van der Waals surface area contributed by atoms with E-state index >= 15 is 0 Å². The molecule has 0 aliphatic heterocycles. The van der Waals surface area contributed by atoms with E-state index in [2.05, 4.69) is 46.0 Å². The average molecular weight is 434 g/mol. The van der Waals surface area contributed by atoms with Crippen LogP contribution in [0.25, 0.3) is 17.1 Å². The third kappa shape index (κ3) is 4.41. The molecule has 0 spiro atoms. The lowest BCUT2D eigenvalue weighted by Crippen LogP contribution is -2.05. The summed E-state index contributed by atoms with van der Waals surface area (Å²) in [6.07, 6.45) is 0. The fraction of sp³-hybridized carbons (Fsp3) is 0.208. The van der Waals surface area contributed by atoms with Crippen molar-refractivity contribution in [2.45, 2.75) is 26.0 Å². The zero-order valence-corrected chi connectivity index (χ0v) is 18.7. The van der Waals surface area contributed by atoms with Crippen LogP contribution in [-0.2, 0) is 0 Å². The summed E-state index contributed by atoms with van der Waals surface area (Å²) < 4.78 is 13.0. The monoisotopic (exact) mass is 433 g/mol. The van der Waals surface area contributed by atoms with Crippen molar-refractivity contribution >= 4 is 17.5 Å². The van der Waals surface area contributed by atoms with Crippen molar-refractivity contribution in [1.82, 2.24) is 14.8 Å². The second kappa shape index (κ2) is 8.81. The van der Waals surface area contributed by atoms with E-state index in [9.17, 15) is 4.79 Å². The maximum atomic E-state index is 12.9. The summed E-state index contributed by atoms with van der Waals surface area (Å²) in [6.45, 7) is 6.04. The van der Waals surface area contributed by atoms with Gasteiger partial charge >= 0.3 is 0 Å². The first-order valence-electron chi connectivity index (χ1n) is 9.86. The van der Waals surface area contributed by atoms with Crippen LogP contribution in [-0.4, -0.2) is 33.4 Å². The molecule has 0 unspecified atom stereocenters. The highest BCUT2D eigenvalue weighted by atomic mass is 32.2. The molecule has 0 radical (unpaired) electrons. The SMILES string of the molecule is COc1ccc(-c2nnc(SCC(=O)c3cc(C)n(-c4ccc(C)cc4)c3C)o2)cc1. The molecule has 31 heavy (non-hydrogen) atoms. The van der Waals surface area contributed by atoms with Crippen LogP contribution in [0.3, 0.4) is 0 Å². The smallest absolute Gasteiger partial charge is 0.277 e. The van der Waals surface area contributed by atoms with Crippen molar-refractivity contribution in [2.75, 3.05) is 12.9 Å². The Morgan fingerprint density at radius 2 is 1.74 bits per heavy atom. The fourth-order valence-electron chi connectivity index (χ4n) is 3.46. The molecule has 7 heteroatoms. The molecule has 0 atom stereocenters. The van der Waals surface area contributed by atoms with Crippen LogP contribution in [0.15, 0.2) is 64.2 Å². The number of hydrogen-bond donors (Lipinski definition) is 0. The van der Waals surface area contributed by atoms with Crippen molar-refractivity contribution < 1.29 is 13.9 Å². The Morgan fingerprint density at radius 1 is 1.03 bits per heavy atom. The number of aryl methyl sites for hydroxylation is 2. The highest BCUT2D eigenvalue weighted by Gasteiger charge is 2.18. The molecule has 0 saturated heterocycles. The van der Waals surface area contributed by atoms with Gasteiger partial charge in [-0.15, -0.1) is 10.2 Å². The summed E-state index contributed by atoms with van der Waals surface area (Å²) >= 11 is 1.24. The van der Waals surface area contributed by atoms with Gasteiger partial charge in [0.05, 0.1) is 12.9 Å². The molecule has 0 aliphatic carbocycles. The molecule has 2 aromatic carbocycles. The van der Waals surface area contributed by atoms with E-state index in [1.54, 1.807) is 7.11 Å². The lowest BCUT2D eigenvalue weighted by molar-refractivity contribution is 0.102. The predicted molar refractivity (Wildman–Crippen MR) is 121 cm³/mol. The molecule has 4 aromatic rings. The first kappa shape index (κ1) is 20.9. The van der Waals surface area contributed by atoms with E-state index in [4.69, 9.17) is 9.15 Å². The van der Waals surface area contributed by atoms with Gasteiger partial charge in [0.2, 0.25) is 5.89 Å². The molecular formula is C24H23N3O3S. The van der Waals surface area contributed by atoms with Crippen LogP contribution in [0, 0.1) is 20.8 Å². The Bertz CT molecular complexity index is 1210. The molecule has 0 aliphatic rings. The molecule has 0 N–H and O–H groups in total. The predicted octanol–water partition coefficient (Wildman–Crippen LogP) is 5.44. The number of carbonyl (C=O) groups excluding carboxylic acids is 1. The Kier molecular flexibility index (Phi) is 5.95. The third-order valence-electron chi connectivity index (χ3n) is 5.09. The van der Waals surface area contributed by atoms with Crippen molar-refractivity contribution in [2.24, 2.45) is 0 Å². The Morgan fingerprint density at radius 3 is 2.42 bits per heavy atom. The van der Waals surface area contributed by atoms with Gasteiger partial charge in [-0.25, -0.2) is 0 Å². The Balaban J connectivity index is 1.46. The van der Waals surface area contributed by atoms with Crippen molar-refractivity contribution in [1.29, 1.82) is 0 Å². The van der Waals surface area contributed by atoms with Crippen LogP contribution in [0.4, 0.5) is 0 Å². The minimum atomic E-state index is 0.0284. The minimum absolute atomic E-state index is 0.0284. The van der Waals surface area contributed by atoms with Crippen molar-refractivity contribution in [3.8, 4) is 22.9 Å². The molecule has 158 valence electrons. The second-order valence-corrected chi connectivity index (χ2v) is 8.20. The maximum Gasteiger partial charge on any atom is 0.277 e. The van der Waals surface area contributed by atoms with Gasteiger partial charge in [0.25, 0.3) is 5.22 Å². The van der Waals surface area contributed by atoms with E-state index in [1.165, 1.54) is 17.3 Å². The summed E-state index contributed by atoms with van der Waals surface area (Å²) in [6, 6.07) is 17.6. The number of benzene rings is 2. The number of methoxy groups -OCH3 is 1. The molecule has 0 bridgehead atoms. The zero-order valence-electron chi connectivity index (χ0n) is 17.9. The number of rotatable bonds is 7. The van der Waals surface area contributed by atoms with Crippen LogP contribution in [0.2, 0.25) is 0 Å². The average Bonchev–Trinajstić information content (AvgIpc) is 3.37. The molecule has 2 heterocycles. The number of Topliss-reactive ketones (excluding diaryl/α,β-unsaturated/α-hetero) is 1. The standard InChI is InChI=1S/C24H23N3O3S/c1-15-5-9-19(10-6-15)27-16(2)13-21(17(27)3)22(28)14-31-24-26-25-23(30-24)18-7-11-20(29-4)12-8-18/h5-13H,14H2,1-4H3. The molecule has 4 rings (SSSR count). The Hall–Kier alpha value is -3.32. The number of thioether (sulfide) groups is 1. The highest BCUT2D eigenvalue weighted by Crippen LogP contribution is 2.27. The lowest BCUT2D eigenvalue weighted by Gasteiger charge is -2.10. The van der Waals surface area contributed by atoms with Crippen LogP contribution >= 0.6 is 11.8 Å². The number of hydrogen-bond acceptors (Lipinski definition) is 6. The number of ketones is 1. The van der Waals surface area contributed by atoms with Gasteiger partial charge in [-0.1, -0.05) is 29.5 Å². The summed E-state index contributed by atoms with van der Waals surface area (Å²) in [4.78, 5) is 12.9. The topological polar surface area (TPSA) is 70.2 Å². The molecule has 0 saturated carbocycles. The normalized spacial score (nSPS) is 11.0. The van der Waals surface area contributed by atoms with Gasteiger partial charge in [0, 0.05) is 28.2 Å². The van der Waals surface area contributed by atoms with Crippen LogP contribution in [0.1, 0.15) is 27.3 Å². The van der Waals surface area contributed by atoms with Crippen molar-refractivity contribution in [3.63, 3.8) is 0 Å². The highest BCUT2D eigenvalue weighted by molar-refractivity contribution is 7.99. The first-order valence-corrected chi connectivity index (χ1v) is 10.8. The van der Waals surface area contributed by atoms with Gasteiger partial charge in [0.15, 0.2) is 5.78 Å². The first-order chi connectivity index (χ1) is 15.0. The molecular weight excluding hydrogens is 410 g/mol. The quantitative estimate of drug-likeness (QED) is 0.286. The van der Waals surface area contributed by atoms with Gasteiger partial charge in [-0.3, -0.25) is 4.79 Å². The van der Waals surface area contributed by atoms with Gasteiger partial charge in [-0.05, 0) is 63.2 Å². The van der Waals surface area contributed by atoms with E-state index in [1.807, 2.05) is 44.2 Å². The molecule has 2 aromatic heterocycles. The van der Waals surface area contributed by atoms with Crippen molar-refractivity contribution in [3.05, 3.63) is 77.1 Å². The number of ether oxygens (including phenoxy) is 1. The summed E-state index contributed by atoms with van der Waals surface area (Å²) in [5.74, 6) is 1.42. The summed E-state index contributed by atoms with van der Waals surface area (Å²) in [5.41, 5.74) is 5.71. The molecule has 6 nitrogen and oxygen atoms in total. The number of carbonyl (C=O) groups is 1. The van der Waals surface area contributed by atoms with E-state index in [-0.39, 0.29) is 11.5 Å². The lowest BCUT2D eigenvalue weighted by atomic mass is 10.2. The number of aromatic nitrogens is 3.